The number of thioether (sulfide) groups is 1. The van der Waals surface area contributed by atoms with Crippen molar-refractivity contribution in [2.45, 2.75) is 49.2 Å². The van der Waals surface area contributed by atoms with Crippen LogP contribution in [0.2, 0.25) is 0 Å². The number of hydrogen-bond acceptors (Lipinski definition) is 4. The van der Waals surface area contributed by atoms with Gasteiger partial charge in [-0.1, -0.05) is 26.2 Å². The fourth-order valence-corrected chi connectivity index (χ4v) is 4.21. The lowest BCUT2D eigenvalue weighted by Gasteiger charge is -2.27. The zero-order chi connectivity index (χ0) is 13.0. The zero-order valence-corrected chi connectivity index (χ0v) is 12.8. The van der Waals surface area contributed by atoms with E-state index in [2.05, 4.69) is 33.0 Å². The van der Waals surface area contributed by atoms with E-state index < -0.39 is 0 Å². The van der Waals surface area contributed by atoms with Gasteiger partial charge < -0.3 is 0 Å². The molecule has 1 heterocycles. The van der Waals surface area contributed by atoms with Gasteiger partial charge in [-0.3, -0.25) is 0 Å². The highest BCUT2D eigenvalue weighted by molar-refractivity contribution is 9.10. The van der Waals surface area contributed by atoms with Crippen LogP contribution in [0.4, 0.5) is 5.82 Å². The third-order valence-electron chi connectivity index (χ3n) is 3.51. The molecule has 0 aliphatic heterocycles. The number of halogens is 1. The van der Waals surface area contributed by atoms with Gasteiger partial charge in [-0.25, -0.2) is 4.98 Å². The summed E-state index contributed by atoms with van der Waals surface area (Å²) in [6.45, 7) is 2.25. The Labute approximate surface area is 120 Å². The Balaban J connectivity index is 2.07. The average Bonchev–Trinajstić information content (AvgIpc) is 2.40. The smallest absolute Gasteiger partial charge is 0.210 e. The van der Waals surface area contributed by atoms with Crippen molar-refractivity contribution in [1.29, 1.82) is 0 Å². The summed E-state index contributed by atoms with van der Waals surface area (Å²) in [6, 6.07) is 1.94. The van der Waals surface area contributed by atoms with Crippen LogP contribution in [0.3, 0.4) is 0 Å². The first-order chi connectivity index (χ1) is 8.70. The molecule has 1 fully saturated rings. The van der Waals surface area contributed by atoms with Crippen LogP contribution >= 0.6 is 27.7 Å². The van der Waals surface area contributed by atoms with E-state index in [0.29, 0.717) is 11.1 Å². The van der Waals surface area contributed by atoms with Gasteiger partial charge in [0.1, 0.15) is 0 Å². The predicted octanol–water partition coefficient (Wildman–Crippen LogP) is 5.30. The maximum Gasteiger partial charge on any atom is 0.210 e. The van der Waals surface area contributed by atoms with Gasteiger partial charge in [-0.05, 0) is 45.9 Å². The first kappa shape index (κ1) is 14.0. The summed E-state index contributed by atoms with van der Waals surface area (Å²) in [5.74, 6) is 1.06. The number of nitrogens with zero attached hydrogens (tertiary/aromatic N) is 2. The van der Waals surface area contributed by atoms with Crippen molar-refractivity contribution in [3.63, 3.8) is 0 Å². The molecule has 0 aromatic carbocycles. The van der Waals surface area contributed by atoms with Gasteiger partial charge in [0.15, 0.2) is 0 Å². The molecule has 1 aliphatic carbocycles. The number of aromatic nitrogens is 1. The second-order valence-electron chi connectivity index (χ2n) is 4.79. The van der Waals surface area contributed by atoms with Crippen molar-refractivity contribution < 1.29 is 0 Å². The first-order valence-corrected chi connectivity index (χ1v) is 8.03. The van der Waals surface area contributed by atoms with Crippen molar-refractivity contribution in [2.24, 2.45) is 11.1 Å². The van der Waals surface area contributed by atoms with Gasteiger partial charge >= 0.3 is 0 Å². The Kier molecular flexibility index (Phi) is 5.18. The molecule has 1 aliphatic rings. The summed E-state index contributed by atoms with van der Waals surface area (Å²) in [5.41, 5.74) is 0. The number of hydrogen-bond donors (Lipinski definition) is 0. The summed E-state index contributed by atoms with van der Waals surface area (Å²) >= 11 is 5.12. The molecule has 0 spiro atoms. The largest absolute Gasteiger partial charge is 0.232 e. The van der Waals surface area contributed by atoms with Crippen molar-refractivity contribution in [2.75, 3.05) is 0 Å². The average molecular weight is 329 g/mol. The van der Waals surface area contributed by atoms with Crippen molar-refractivity contribution in [3.8, 4) is 0 Å². The molecule has 1 saturated carbocycles. The molecule has 0 saturated heterocycles. The Hall–Kier alpha value is -0.420. The van der Waals surface area contributed by atoms with Crippen LogP contribution in [-0.2, 0) is 0 Å². The van der Waals surface area contributed by atoms with Gasteiger partial charge in [0.05, 0.1) is 4.90 Å². The minimum atomic E-state index is 0.311. The lowest BCUT2D eigenvalue weighted by Crippen LogP contribution is -2.17. The van der Waals surface area contributed by atoms with E-state index >= 15 is 0 Å². The van der Waals surface area contributed by atoms with Gasteiger partial charge in [-0.2, -0.15) is 0 Å². The van der Waals surface area contributed by atoms with E-state index in [0.717, 1.165) is 15.3 Å². The summed E-state index contributed by atoms with van der Waals surface area (Å²) in [7, 11) is 0. The fourth-order valence-electron chi connectivity index (χ4n) is 2.47. The second-order valence-corrected chi connectivity index (χ2v) is 7.12. The summed E-state index contributed by atoms with van der Waals surface area (Å²) < 4.78 is 0.897. The maximum absolute atomic E-state index is 10.8. The van der Waals surface area contributed by atoms with Crippen LogP contribution in [0, 0.1) is 10.8 Å². The van der Waals surface area contributed by atoms with Crippen LogP contribution in [0.15, 0.2) is 26.8 Å². The van der Waals surface area contributed by atoms with Gasteiger partial charge in [0.25, 0.3) is 0 Å². The van der Waals surface area contributed by atoms with E-state index in [1.807, 2.05) is 6.07 Å². The topological polar surface area (TPSA) is 42.3 Å². The van der Waals surface area contributed by atoms with E-state index in [1.165, 1.54) is 32.1 Å². The third-order valence-corrected chi connectivity index (χ3v) is 5.26. The van der Waals surface area contributed by atoms with E-state index in [-0.39, 0.29) is 0 Å². The number of pyridine rings is 1. The lowest BCUT2D eigenvalue weighted by molar-refractivity contribution is 0.357. The minimum Gasteiger partial charge on any atom is -0.232 e. The molecule has 0 radical (unpaired) electrons. The molecule has 0 N–H and O–H groups in total. The standard InChI is InChI=1S/C13H17BrN2OS/c1-9(10-5-3-2-4-6-10)18-12-7-11(14)8-15-13(12)16-17/h7-10H,2-6H2,1H3. The summed E-state index contributed by atoms with van der Waals surface area (Å²) in [4.78, 5) is 15.7. The van der Waals surface area contributed by atoms with Crippen LogP contribution < -0.4 is 0 Å². The number of rotatable bonds is 4. The van der Waals surface area contributed by atoms with E-state index in [1.54, 1.807) is 18.0 Å². The normalized spacial score (nSPS) is 18.6. The molecule has 98 valence electrons. The quantitative estimate of drug-likeness (QED) is 0.556. The minimum absolute atomic E-state index is 0.311. The molecule has 3 nitrogen and oxygen atoms in total. The van der Waals surface area contributed by atoms with Gasteiger partial charge in [-0.15, -0.1) is 16.7 Å². The third kappa shape index (κ3) is 3.54. The first-order valence-electron chi connectivity index (χ1n) is 6.36. The van der Waals surface area contributed by atoms with E-state index in [9.17, 15) is 4.91 Å². The summed E-state index contributed by atoms with van der Waals surface area (Å²) in [5, 5.41) is 3.52. The van der Waals surface area contributed by atoms with Gasteiger partial charge in [0.2, 0.25) is 5.82 Å². The highest BCUT2D eigenvalue weighted by Crippen LogP contribution is 2.39. The second kappa shape index (κ2) is 6.66. The van der Waals surface area contributed by atoms with Crippen molar-refractivity contribution in [1.82, 2.24) is 4.98 Å². The zero-order valence-electron chi connectivity index (χ0n) is 10.4. The van der Waals surface area contributed by atoms with Gasteiger partial charge in [0, 0.05) is 15.9 Å². The molecule has 0 bridgehead atoms. The Morgan fingerprint density at radius 1 is 1.44 bits per heavy atom. The van der Waals surface area contributed by atoms with Crippen LogP contribution in [0.25, 0.3) is 0 Å². The Morgan fingerprint density at radius 2 is 2.17 bits per heavy atom. The Bertz CT molecular complexity index is 421. The molecule has 2 rings (SSSR count). The Morgan fingerprint density at radius 3 is 2.83 bits per heavy atom. The van der Waals surface area contributed by atoms with Crippen LogP contribution in [0.5, 0.6) is 0 Å². The van der Waals surface area contributed by atoms with Crippen LogP contribution in [0.1, 0.15) is 39.0 Å². The molecule has 5 heteroatoms. The van der Waals surface area contributed by atoms with Crippen molar-refractivity contribution >= 4 is 33.5 Å². The van der Waals surface area contributed by atoms with Crippen LogP contribution in [-0.4, -0.2) is 10.2 Å². The lowest BCUT2D eigenvalue weighted by atomic mass is 9.87. The fraction of sp³-hybridized carbons (Fsp3) is 0.615. The SMILES string of the molecule is CC(Sc1cc(Br)cnc1N=O)C1CCCCC1. The monoisotopic (exact) mass is 328 g/mol. The summed E-state index contributed by atoms with van der Waals surface area (Å²) in [6.07, 6.45) is 8.27. The van der Waals surface area contributed by atoms with E-state index in [4.69, 9.17) is 0 Å². The van der Waals surface area contributed by atoms with Crippen molar-refractivity contribution in [3.05, 3.63) is 21.6 Å². The molecule has 1 aromatic rings. The number of nitroso groups, excluding NO2 is 1. The molecular formula is C13H17BrN2OS. The molecule has 1 atom stereocenters. The highest BCUT2D eigenvalue weighted by Gasteiger charge is 2.22. The molecular weight excluding hydrogens is 312 g/mol. The molecule has 1 unspecified atom stereocenters. The molecule has 18 heavy (non-hydrogen) atoms. The molecule has 1 aromatic heterocycles. The maximum atomic E-state index is 10.8. The molecule has 0 amide bonds. The predicted molar refractivity (Wildman–Crippen MR) is 79.3 cm³/mol. The highest BCUT2D eigenvalue weighted by atomic mass is 79.9.